The number of rotatable bonds is 2. The molecule has 9 nitrogen and oxygen atoms in total. The number of anilines is 2. The lowest BCUT2D eigenvalue weighted by Crippen LogP contribution is -2.23. The van der Waals surface area contributed by atoms with Crippen molar-refractivity contribution in [3.05, 3.63) is 17.8 Å². The number of ether oxygens (including phenoxy) is 2. The fourth-order valence-corrected chi connectivity index (χ4v) is 2.79. The van der Waals surface area contributed by atoms with Crippen molar-refractivity contribution in [1.82, 2.24) is 14.6 Å². The highest BCUT2D eigenvalue weighted by Crippen LogP contribution is 2.62. The zero-order chi connectivity index (χ0) is 14.1. The van der Waals surface area contributed by atoms with E-state index in [1.54, 1.807) is 12.1 Å². The van der Waals surface area contributed by atoms with E-state index in [1.807, 2.05) is 0 Å². The molecule has 9 heteroatoms. The van der Waals surface area contributed by atoms with Gasteiger partial charge in [0.1, 0.15) is 11.2 Å². The van der Waals surface area contributed by atoms with E-state index >= 15 is 0 Å². The van der Waals surface area contributed by atoms with Gasteiger partial charge in [0.2, 0.25) is 11.7 Å². The molecule has 4 heterocycles. The van der Waals surface area contributed by atoms with Gasteiger partial charge in [-0.1, -0.05) is 0 Å². The van der Waals surface area contributed by atoms with E-state index in [1.165, 1.54) is 4.52 Å². The van der Waals surface area contributed by atoms with E-state index in [-0.39, 0.29) is 24.8 Å². The van der Waals surface area contributed by atoms with E-state index < -0.39 is 17.7 Å². The number of nitrogen functional groups attached to an aromatic ring is 2. The van der Waals surface area contributed by atoms with Gasteiger partial charge in [0.25, 0.3) is 5.79 Å². The van der Waals surface area contributed by atoms with Gasteiger partial charge in [-0.05, 0) is 12.1 Å². The average molecular weight is 279 g/mol. The van der Waals surface area contributed by atoms with Crippen LogP contribution in [-0.4, -0.2) is 43.3 Å². The topological polar surface area (TPSA) is 144 Å². The molecule has 6 N–H and O–H groups in total. The normalized spacial score (nSPS) is 35.4. The number of hydrogen-bond acceptors (Lipinski definition) is 8. The van der Waals surface area contributed by atoms with Gasteiger partial charge in [-0.25, -0.2) is 4.52 Å². The van der Waals surface area contributed by atoms with Crippen molar-refractivity contribution in [1.29, 1.82) is 0 Å². The third-order valence-corrected chi connectivity index (χ3v) is 3.72. The molecule has 2 aliphatic heterocycles. The second kappa shape index (κ2) is 3.38. The van der Waals surface area contributed by atoms with Gasteiger partial charge in [-0.2, -0.15) is 4.98 Å². The summed E-state index contributed by atoms with van der Waals surface area (Å²) in [5.74, 6) is -2.56. The van der Waals surface area contributed by atoms with Crippen LogP contribution in [0.25, 0.3) is 5.52 Å². The van der Waals surface area contributed by atoms with Crippen molar-refractivity contribution in [3.8, 4) is 0 Å². The van der Waals surface area contributed by atoms with Crippen LogP contribution in [0.1, 0.15) is 12.1 Å². The Morgan fingerprint density at radius 2 is 2.25 bits per heavy atom. The summed E-state index contributed by atoms with van der Waals surface area (Å²) in [6.07, 6.45) is -0.303. The lowest BCUT2D eigenvalue weighted by atomic mass is 10.1. The molecule has 2 fully saturated rings. The monoisotopic (exact) mass is 279 g/mol. The summed E-state index contributed by atoms with van der Waals surface area (Å²) in [5, 5.41) is 23.5. The summed E-state index contributed by atoms with van der Waals surface area (Å²) < 4.78 is 12.4. The summed E-state index contributed by atoms with van der Waals surface area (Å²) >= 11 is 0. The number of aromatic nitrogens is 3. The number of nitrogens with zero attached hydrogens (tertiary/aromatic N) is 3. The third kappa shape index (κ3) is 1.25. The Bertz CT molecular complexity index is 718. The fraction of sp³-hybridized carbons (Fsp3) is 0.455. The molecule has 2 aromatic heterocycles. The molecule has 106 valence electrons. The van der Waals surface area contributed by atoms with E-state index in [4.69, 9.17) is 26.0 Å². The standard InChI is InChI=1S/C11H13N5O4/c12-8-6-1-2-7(16(6)15-9(13)14-8)11-10(18,20-11)3-5(4-17)19-11/h1-2,5,17-18H,3-4H2,(H4,12,13,14,15)/t5-,10-,11+/m0/s1. The van der Waals surface area contributed by atoms with Gasteiger partial charge < -0.3 is 31.2 Å². The number of aliphatic hydroxyl groups is 2. The Hall–Kier alpha value is -1.94. The summed E-state index contributed by atoms with van der Waals surface area (Å²) in [6.45, 7) is -0.198. The van der Waals surface area contributed by atoms with Crippen molar-refractivity contribution in [2.24, 2.45) is 0 Å². The molecular weight excluding hydrogens is 266 g/mol. The predicted molar refractivity (Wildman–Crippen MR) is 66.1 cm³/mol. The summed E-state index contributed by atoms with van der Waals surface area (Å²) in [6, 6.07) is 3.37. The van der Waals surface area contributed by atoms with E-state index in [0.717, 1.165) is 0 Å². The first-order chi connectivity index (χ1) is 9.49. The maximum Gasteiger partial charge on any atom is 0.271 e. The van der Waals surface area contributed by atoms with Gasteiger partial charge in [0.15, 0.2) is 5.82 Å². The molecule has 20 heavy (non-hydrogen) atoms. The number of aliphatic hydroxyl groups excluding tert-OH is 1. The van der Waals surface area contributed by atoms with Crippen molar-refractivity contribution in [2.75, 3.05) is 18.1 Å². The van der Waals surface area contributed by atoms with Gasteiger partial charge >= 0.3 is 0 Å². The zero-order valence-corrected chi connectivity index (χ0v) is 10.4. The van der Waals surface area contributed by atoms with Crippen LogP contribution < -0.4 is 11.5 Å². The third-order valence-electron chi connectivity index (χ3n) is 3.72. The molecular formula is C11H13N5O4. The van der Waals surface area contributed by atoms with Crippen molar-refractivity contribution in [3.63, 3.8) is 0 Å². The number of fused-ring (bicyclic) bond motifs is 2. The Balaban J connectivity index is 1.88. The molecule has 0 spiro atoms. The highest BCUT2D eigenvalue weighted by Gasteiger charge is 2.79. The molecule has 2 aliphatic rings. The van der Waals surface area contributed by atoms with E-state index in [9.17, 15) is 5.11 Å². The molecule has 0 aliphatic carbocycles. The Kier molecular flexibility index (Phi) is 2.01. The minimum absolute atomic E-state index is 0.00439. The van der Waals surface area contributed by atoms with Crippen LogP contribution in [0.4, 0.5) is 11.8 Å². The van der Waals surface area contributed by atoms with Crippen molar-refractivity contribution >= 4 is 17.3 Å². The number of nitrogens with two attached hydrogens (primary N) is 2. The lowest BCUT2D eigenvalue weighted by Gasteiger charge is -2.13. The number of epoxide rings is 1. The predicted octanol–water partition coefficient (Wildman–Crippen LogP) is -1.45. The first kappa shape index (κ1) is 11.9. The molecule has 0 saturated carbocycles. The Morgan fingerprint density at radius 3 is 2.95 bits per heavy atom. The first-order valence-corrected chi connectivity index (χ1v) is 6.11. The van der Waals surface area contributed by atoms with Crippen LogP contribution >= 0.6 is 0 Å². The average Bonchev–Trinajstić information content (AvgIpc) is 2.75. The van der Waals surface area contributed by atoms with Crippen molar-refractivity contribution in [2.45, 2.75) is 24.1 Å². The molecule has 0 aromatic carbocycles. The van der Waals surface area contributed by atoms with Crippen LogP contribution in [0, 0.1) is 0 Å². The molecule has 3 atom stereocenters. The SMILES string of the molecule is Nc1nc(N)c2ccc([C@]34O[C@H](CO)C[C@]3(O)O4)n2n1. The van der Waals surface area contributed by atoms with Crippen LogP contribution in [0.15, 0.2) is 12.1 Å². The summed E-state index contributed by atoms with van der Waals surface area (Å²) in [5.41, 5.74) is 12.4. The Labute approximate surface area is 112 Å². The first-order valence-electron chi connectivity index (χ1n) is 6.11. The summed E-state index contributed by atoms with van der Waals surface area (Å²) in [7, 11) is 0. The van der Waals surface area contributed by atoms with Gasteiger partial charge in [0, 0.05) is 6.42 Å². The second-order valence-electron chi connectivity index (χ2n) is 5.00. The second-order valence-corrected chi connectivity index (χ2v) is 5.00. The van der Waals surface area contributed by atoms with Crippen molar-refractivity contribution < 1.29 is 19.7 Å². The molecule has 0 amide bonds. The number of hydrogen-bond donors (Lipinski definition) is 4. The molecule has 2 aromatic rings. The van der Waals surface area contributed by atoms with Gasteiger partial charge in [-0.15, -0.1) is 5.10 Å². The Morgan fingerprint density at radius 1 is 1.45 bits per heavy atom. The van der Waals surface area contributed by atoms with Crippen LogP contribution in [0.3, 0.4) is 0 Å². The highest BCUT2D eigenvalue weighted by atomic mass is 16.9. The van der Waals surface area contributed by atoms with E-state index in [0.29, 0.717) is 11.2 Å². The molecule has 0 bridgehead atoms. The quantitative estimate of drug-likeness (QED) is 0.488. The van der Waals surface area contributed by atoms with Crippen LogP contribution in [0.5, 0.6) is 0 Å². The lowest BCUT2D eigenvalue weighted by molar-refractivity contribution is -0.112. The van der Waals surface area contributed by atoms with Crippen LogP contribution in [0.2, 0.25) is 0 Å². The molecule has 0 radical (unpaired) electrons. The smallest absolute Gasteiger partial charge is 0.271 e. The minimum atomic E-state index is -1.46. The maximum atomic E-state index is 10.3. The summed E-state index contributed by atoms with van der Waals surface area (Å²) in [4.78, 5) is 3.87. The highest BCUT2D eigenvalue weighted by molar-refractivity contribution is 5.67. The van der Waals surface area contributed by atoms with E-state index in [2.05, 4.69) is 10.1 Å². The fourth-order valence-electron chi connectivity index (χ4n) is 2.79. The zero-order valence-electron chi connectivity index (χ0n) is 10.4. The molecule has 0 unspecified atom stereocenters. The van der Waals surface area contributed by atoms with Gasteiger partial charge in [0.05, 0.1) is 12.7 Å². The largest absolute Gasteiger partial charge is 0.394 e. The van der Waals surface area contributed by atoms with Gasteiger partial charge in [-0.3, -0.25) is 0 Å². The molecule has 4 rings (SSSR count). The van der Waals surface area contributed by atoms with Crippen LogP contribution in [-0.2, 0) is 15.3 Å². The molecule has 2 saturated heterocycles. The maximum absolute atomic E-state index is 10.3. The minimum Gasteiger partial charge on any atom is -0.394 e.